The third-order valence-electron chi connectivity index (χ3n) is 4.64. The molecule has 0 unspecified atom stereocenters. The molecule has 7 nitrogen and oxygen atoms in total. The van der Waals surface area contributed by atoms with Gasteiger partial charge in [0.1, 0.15) is 0 Å². The number of hydrogen-bond acceptors (Lipinski definition) is 5. The first-order valence-electron chi connectivity index (χ1n) is 9.98. The Morgan fingerprint density at radius 2 is 1.88 bits per heavy atom. The van der Waals surface area contributed by atoms with Crippen LogP contribution in [-0.2, 0) is 0 Å². The first-order valence-corrected chi connectivity index (χ1v) is 9.98. The molecule has 7 heteroatoms. The standard InChI is InChI=1S/C19H35N7/c1-4-6-12-24(3)18(20-5-2)21-11-8-13-25-14-16-26(17-15-25)19-22-9-7-10-23-19/h7,9-10H,4-6,8,11-17H2,1-3H3,(H,20,21). The molecule has 0 bridgehead atoms. The minimum Gasteiger partial charge on any atom is -0.357 e. The summed E-state index contributed by atoms with van der Waals surface area (Å²) in [6.45, 7) is 12.4. The van der Waals surface area contributed by atoms with Gasteiger partial charge in [0, 0.05) is 71.8 Å². The van der Waals surface area contributed by atoms with E-state index in [0.29, 0.717) is 0 Å². The molecule has 0 atom stereocenters. The summed E-state index contributed by atoms with van der Waals surface area (Å²) in [6, 6.07) is 1.86. The molecule has 0 aromatic carbocycles. The van der Waals surface area contributed by atoms with Crippen LogP contribution < -0.4 is 10.2 Å². The molecule has 2 heterocycles. The van der Waals surface area contributed by atoms with Gasteiger partial charge < -0.3 is 15.1 Å². The van der Waals surface area contributed by atoms with Gasteiger partial charge in [0.25, 0.3) is 0 Å². The van der Waals surface area contributed by atoms with E-state index in [1.165, 1.54) is 12.8 Å². The van der Waals surface area contributed by atoms with Gasteiger partial charge in [-0.3, -0.25) is 9.89 Å². The molecule has 1 N–H and O–H groups in total. The van der Waals surface area contributed by atoms with E-state index in [1.54, 1.807) is 0 Å². The summed E-state index contributed by atoms with van der Waals surface area (Å²) in [4.78, 5) is 20.5. The molecule has 1 aliphatic rings. The molecular weight excluding hydrogens is 326 g/mol. The van der Waals surface area contributed by atoms with E-state index in [4.69, 9.17) is 4.99 Å². The Balaban J connectivity index is 1.69. The first kappa shape index (κ1) is 20.4. The monoisotopic (exact) mass is 361 g/mol. The van der Waals surface area contributed by atoms with Crippen molar-refractivity contribution in [3.05, 3.63) is 18.5 Å². The van der Waals surface area contributed by atoms with Crippen molar-refractivity contribution in [2.45, 2.75) is 33.1 Å². The van der Waals surface area contributed by atoms with E-state index in [9.17, 15) is 0 Å². The normalized spacial score (nSPS) is 16.0. The number of aromatic nitrogens is 2. The van der Waals surface area contributed by atoms with Crippen molar-refractivity contribution in [2.24, 2.45) is 4.99 Å². The maximum absolute atomic E-state index is 4.79. The highest BCUT2D eigenvalue weighted by Crippen LogP contribution is 2.09. The molecule has 0 spiro atoms. The van der Waals surface area contributed by atoms with Crippen LogP contribution in [0, 0.1) is 0 Å². The van der Waals surface area contributed by atoms with Crippen LogP contribution in [0.25, 0.3) is 0 Å². The number of guanidine groups is 1. The summed E-state index contributed by atoms with van der Waals surface area (Å²) in [5.41, 5.74) is 0. The summed E-state index contributed by atoms with van der Waals surface area (Å²) in [5, 5.41) is 3.40. The summed E-state index contributed by atoms with van der Waals surface area (Å²) in [7, 11) is 2.13. The molecule has 1 aromatic rings. The molecule has 1 fully saturated rings. The highest BCUT2D eigenvalue weighted by atomic mass is 15.3. The zero-order valence-corrected chi connectivity index (χ0v) is 16.7. The number of nitrogens with one attached hydrogen (secondary N) is 1. The van der Waals surface area contributed by atoms with Gasteiger partial charge in [-0.1, -0.05) is 13.3 Å². The second kappa shape index (κ2) is 11.7. The Hall–Kier alpha value is -1.89. The van der Waals surface area contributed by atoms with Crippen LogP contribution in [0.2, 0.25) is 0 Å². The van der Waals surface area contributed by atoms with Gasteiger partial charge in [0.2, 0.25) is 5.95 Å². The Morgan fingerprint density at radius 3 is 2.54 bits per heavy atom. The van der Waals surface area contributed by atoms with E-state index < -0.39 is 0 Å². The van der Waals surface area contributed by atoms with E-state index in [-0.39, 0.29) is 0 Å². The fraction of sp³-hybridized carbons (Fsp3) is 0.737. The lowest BCUT2D eigenvalue weighted by molar-refractivity contribution is 0.255. The smallest absolute Gasteiger partial charge is 0.225 e. The van der Waals surface area contributed by atoms with Crippen LogP contribution in [0.4, 0.5) is 5.95 Å². The van der Waals surface area contributed by atoms with E-state index in [0.717, 1.165) is 70.7 Å². The van der Waals surface area contributed by atoms with E-state index in [1.807, 2.05) is 18.5 Å². The van der Waals surface area contributed by atoms with Crippen LogP contribution in [0.5, 0.6) is 0 Å². The number of anilines is 1. The van der Waals surface area contributed by atoms with Gasteiger partial charge in [-0.2, -0.15) is 0 Å². The number of rotatable bonds is 9. The van der Waals surface area contributed by atoms with Crippen LogP contribution in [0.1, 0.15) is 33.1 Å². The van der Waals surface area contributed by atoms with Crippen molar-refractivity contribution in [1.29, 1.82) is 0 Å². The molecular formula is C19H35N7. The van der Waals surface area contributed by atoms with Crippen molar-refractivity contribution in [3.8, 4) is 0 Å². The average molecular weight is 362 g/mol. The summed E-state index contributed by atoms with van der Waals surface area (Å²) < 4.78 is 0. The Morgan fingerprint density at radius 1 is 1.15 bits per heavy atom. The second-order valence-corrected chi connectivity index (χ2v) is 6.74. The number of hydrogen-bond donors (Lipinski definition) is 1. The fourth-order valence-corrected chi connectivity index (χ4v) is 3.08. The van der Waals surface area contributed by atoms with Gasteiger partial charge in [-0.15, -0.1) is 0 Å². The molecule has 26 heavy (non-hydrogen) atoms. The largest absolute Gasteiger partial charge is 0.357 e. The van der Waals surface area contributed by atoms with E-state index in [2.05, 4.69) is 50.9 Å². The maximum Gasteiger partial charge on any atom is 0.225 e. The third-order valence-corrected chi connectivity index (χ3v) is 4.64. The predicted molar refractivity (Wildman–Crippen MR) is 109 cm³/mol. The molecule has 0 radical (unpaired) electrons. The van der Waals surface area contributed by atoms with Gasteiger partial charge in [0.15, 0.2) is 5.96 Å². The molecule has 2 rings (SSSR count). The van der Waals surface area contributed by atoms with Crippen molar-refractivity contribution < 1.29 is 0 Å². The molecule has 1 aliphatic heterocycles. The molecule has 1 saturated heterocycles. The highest BCUT2D eigenvalue weighted by molar-refractivity contribution is 5.79. The van der Waals surface area contributed by atoms with Crippen molar-refractivity contribution in [2.75, 3.05) is 64.3 Å². The van der Waals surface area contributed by atoms with Crippen LogP contribution in [-0.4, -0.2) is 85.1 Å². The Kier molecular flexibility index (Phi) is 9.17. The van der Waals surface area contributed by atoms with Gasteiger partial charge >= 0.3 is 0 Å². The molecule has 0 amide bonds. The molecule has 0 saturated carbocycles. The Bertz CT molecular complexity index is 512. The quantitative estimate of drug-likeness (QED) is 0.410. The van der Waals surface area contributed by atoms with Crippen molar-refractivity contribution in [3.63, 3.8) is 0 Å². The number of aliphatic imine (C=N–C) groups is 1. The molecule has 1 aromatic heterocycles. The topological polar surface area (TPSA) is 59.9 Å². The average Bonchev–Trinajstić information content (AvgIpc) is 2.69. The van der Waals surface area contributed by atoms with Crippen LogP contribution >= 0.6 is 0 Å². The van der Waals surface area contributed by atoms with E-state index >= 15 is 0 Å². The second-order valence-electron chi connectivity index (χ2n) is 6.74. The lowest BCUT2D eigenvalue weighted by Crippen LogP contribution is -2.47. The van der Waals surface area contributed by atoms with Crippen LogP contribution in [0.3, 0.4) is 0 Å². The summed E-state index contributed by atoms with van der Waals surface area (Å²) in [6.07, 6.45) is 7.14. The fourth-order valence-electron chi connectivity index (χ4n) is 3.08. The third kappa shape index (κ3) is 6.78. The molecule has 0 aliphatic carbocycles. The van der Waals surface area contributed by atoms with Crippen LogP contribution in [0.15, 0.2) is 23.5 Å². The van der Waals surface area contributed by atoms with Gasteiger partial charge in [-0.25, -0.2) is 9.97 Å². The molecule has 146 valence electrons. The minimum atomic E-state index is 0.849. The summed E-state index contributed by atoms with van der Waals surface area (Å²) in [5.74, 6) is 1.88. The number of nitrogens with zero attached hydrogens (tertiary/aromatic N) is 6. The predicted octanol–water partition coefficient (Wildman–Crippen LogP) is 1.69. The SMILES string of the molecule is CCCCN(C)C(=NCCCN1CCN(c2ncccn2)CC1)NCC. The van der Waals surface area contributed by atoms with Gasteiger partial charge in [0.05, 0.1) is 0 Å². The number of piperazine rings is 1. The lowest BCUT2D eigenvalue weighted by Gasteiger charge is -2.34. The maximum atomic E-state index is 4.79. The van der Waals surface area contributed by atoms with Gasteiger partial charge in [-0.05, 0) is 25.8 Å². The first-order chi connectivity index (χ1) is 12.7. The minimum absolute atomic E-state index is 0.849. The Labute approximate surface area is 158 Å². The van der Waals surface area contributed by atoms with Crippen molar-refractivity contribution >= 4 is 11.9 Å². The zero-order valence-electron chi connectivity index (χ0n) is 16.7. The summed E-state index contributed by atoms with van der Waals surface area (Å²) >= 11 is 0. The highest BCUT2D eigenvalue weighted by Gasteiger charge is 2.18. The van der Waals surface area contributed by atoms with Crippen molar-refractivity contribution in [1.82, 2.24) is 25.1 Å². The number of unbranched alkanes of at least 4 members (excludes halogenated alkanes) is 1. The zero-order chi connectivity index (χ0) is 18.6. The lowest BCUT2D eigenvalue weighted by atomic mass is 10.3.